The van der Waals surface area contributed by atoms with E-state index < -0.39 is 10.0 Å². The van der Waals surface area contributed by atoms with E-state index in [1.165, 1.54) is 0 Å². The molecule has 0 fully saturated rings. The third-order valence-electron chi connectivity index (χ3n) is 3.68. The fourth-order valence-corrected chi connectivity index (χ4v) is 4.30. The molecule has 6 heteroatoms. The molecule has 0 aliphatic heterocycles. The highest BCUT2D eigenvalue weighted by molar-refractivity contribution is 7.89. The van der Waals surface area contributed by atoms with Crippen LogP contribution in [0.4, 0.5) is 0 Å². The fraction of sp³-hybridized carbons (Fsp3) is 0.333. The van der Waals surface area contributed by atoms with Crippen molar-refractivity contribution in [1.29, 1.82) is 0 Å². The van der Waals surface area contributed by atoms with Crippen molar-refractivity contribution in [2.75, 3.05) is 13.2 Å². The van der Waals surface area contributed by atoms with Gasteiger partial charge in [-0.25, -0.2) is 13.1 Å². The normalized spacial score (nSPS) is 11.5. The number of benzene rings is 2. The highest BCUT2D eigenvalue weighted by atomic mass is 35.5. The van der Waals surface area contributed by atoms with E-state index in [0.29, 0.717) is 15.7 Å². The summed E-state index contributed by atoms with van der Waals surface area (Å²) >= 11 is 6.04. The van der Waals surface area contributed by atoms with Crippen LogP contribution in [0, 0.1) is 27.7 Å². The molecule has 0 unspecified atom stereocenters. The van der Waals surface area contributed by atoms with Crippen LogP contribution < -0.4 is 9.46 Å². The van der Waals surface area contributed by atoms with Crippen LogP contribution in [0.25, 0.3) is 0 Å². The Morgan fingerprint density at radius 2 is 1.62 bits per heavy atom. The van der Waals surface area contributed by atoms with E-state index in [9.17, 15) is 8.42 Å². The predicted octanol–water partition coefficient (Wildman–Crippen LogP) is 3.93. The van der Waals surface area contributed by atoms with Crippen molar-refractivity contribution in [3.63, 3.8) is 0 Å². The van der Waals surface area contributed by atoms with Gasteiger partial charge in [-0.05, 0) is 56.5 Å². The number of hydrogen-bond acceptors (Lipinski definition) is 3. The summed E-state index contributed by atoms with van der Waals surface area (Å²) in [6.45, 7) is 7.87. The summed E-state index contributed by atoms with van der Waals surface area (Å²) in [4.78, 5) is 0.339. The zero-order valence-corrected chi connectivity index (χ0v) is 15.9. The van der Waals surface area contributed by atoms with Crippen LogP contribution in [0.3, 0.4) is 0 Å². The Hall–Kier alpha value is -1.56. The molecule has 0 saturated heterocycles. The van der Waals surface area contributed by atoms with E-state index in [4.69, 9.17) is 16.3 Å². The third kappa shape index (κ3) is 4.50. The molecule has 0 heterocycles. The number of sulfonamides is 1. The van der Waals surface area contributed by atoms with Gasteiger partial charge in [-0.1, -0.05) is 35.4 Å². The molecule has 1 N–H and O–H groups in total. The maximum absolute atomic E-state index is 12.5. The summed E-state index contributed by atoms with van der Waals surface area (Å²) in [6.07, 6.45) is 0. The number of nitrogens with one attached hydrogen (secondary N) is 1. The maximum Gasteiger partial charge on any atom is 0.241 e. The van der Waals surface area contributed by atoms with Crippen LogP contribution in [-0.2, 0) is 10.0 Å². The summed E-state index contributed by atoms with van der Waals surface area (Å²) in [7, 11) is -3.56. The van der Waals surface area contributed by atoms with Gasteiger partial charge in [0.05, 0.1) is 4.90 Å². The van der Waals surface area contributed by atoms with Crippen molar-refractivity contribution in [1.82, 2.24) is 4.72 Å². The number of aryl methyl sites for hydroxylation is 4. The maximum atomic E-state index is 12.5. The molecule has 0 spiro atoms. The molecule has 0 aliphatic rings. The topological polar surface area (TPSA) is 55.4 Å². The summed E-state index contributed by atoms with van der Waals surface area (Å²) in [5.41, 5.74) is 3.50. The van der Waals surface area contributed by atoms with Crippen LogP contribution in [0.15, 0.2) is 35.2 Å². The molecule has 0 amide bonds. The molecule has 2 rings (SSSR count). The Balaban J connectivity index is 2.00. The van der Waals surface area contributed by atoms with E-state index in [0.717, 1.165) is 22.3 Å². The van der Waals surface area contributed by atoms with Crippen LogP contribution in [0.2, 0.25) is 5.02 Å². The molecule has 0 bridgehead atoms. The summed E-state index contributed by atoms with van der Waals surface area (Å²) in [5, 5.41) is 0.624. The summed E-state index contributed by atoms with van der Waals surface area (Å²) in [5.74, 6) is 0.618. The molecule has 130 valence electrons. The minimum Gasteiger partial charge on any atom is -0.492 e. The van der Waals surface area contributed by atoms with Gasteiger partial charge in [-0.3, -0.25) is 0 Å². The van der Waals surface area contributed by atoms with Gasteiger partial charge in [0.2, 0.25) is 10.0 Å². The molecular formula is C18H22ClNO3S. The Bertz CT molecular complexity index is 824. The SMILES string of the molecule is Cc1cc(C)c(S(=O)(=O)NCCOc2ccc(C)c(Cl)c2)c(C)c1. The van der Waals surface area contributed by atoms with Crippen LogP contribution in [0.5, 0.6) is 5.75 Å². The number of halogens is 1. The van der Waals surface area contributed by atoms with E-state index >= 15 is 0 Å². The summed E-state index contributed by atoms with van der Waals surface area (Å²) < 4.78 is 33.1. The molecule has 0 radical (unpaired) electrons. The predicted molar refractivity (Wildman–Crippen MR) is 97.5 cm³/mol. The average Bonchev–Trinajstić information content (AvgIpc) is 2.45. The van der Waals surface area contributed by atoms with Gasteiger partial charge >= 0.3 is 0 Å². The molecule has 2 aromatic carbocycles. The highest BCUT2D eigenvalue weighted by Crippen LogP contribution is 2.22. The minimum absolute atomic E-state index is 0.181. The van der Waals surface area contributed by atoms with Crippen molar-refractivity contribution < 1.29 is 13.2 Å². The van der Waals surface area contributed by atoms with Crippen molar-refractivity contribution in [2.45, 2.75) is 32.6 Å². The van der Waals surface area contributed by atoms with Gasteiger partial charge in [-0.2, -0.15) is 0 Å². The Morgan fingerprint density at radius 1 is 1.00 bits per heavy atom. The van der Waals surface area contributed by atoms with Crippen molar-refractivity contribution in [3.05, 3.63) is 57.6 Å². The fourth-order valence-electron chi connectivity index (χ4n) is 2.67. The lowest BCUT2D eigenvalue weighted by atomic mass is 10.1. The number of ether oxygens (including phenoxy) is 1. The highest BCUT2D eigenvalue weighted by Gasteiger charge is 2.19. The second-order valence-electron chi connectivity index (χ2n) is 5.89. The van der Waals surface area contributed by atoms with Gasteiger partial charge in [-0.15, -0.1) is 0 Å². The summed E-state index contributed by atoms with van der Waals surface area (Å²) in [6, 6.07) is 9.13. The van der Waals surface area contributed by atoms with Gasteiger partial charge in [0.1, 0.15) is 12.4 Å². The van der Waals surface area contributed by atoms with E-state index in [1.807, 2.05) is 38.1 Å². The van der Waals surface area contributed by atoms with Crippen molar-refractivity contribution >= 4 is 21.6 Å². The van der Waals surface area contributed by atoms with Crippen molar-refractivity contribution in [3.8, 4) is 5.75 Å². The Kier molecular flexibility index (Phi) is 5.91. The first-order valence-electron chi connectivity index (χ1n) is 7.67. The van der Waals surface area contributed by atoms with Crippen LogP contribution >= 0.6 is 11.6 Å². The number of hydrogen-bond donors (Lipinski definition) is 1. The lowest BCUT2D eigenvalue weighted by Gasteiger charge is -2.13. The molecule has 4 nitrogen and oxygen atoms in total. The van der Waals surface area contributed by atoms with Crippen LogP contribution in [0.1, 0.15) is 22.3 Å². The third-order valence-corrected chi connectivity index (χ3v) is 5.85. The second-order valence-corrected chi connectivity index (χ2v) is 8.00. The zero-order valence-electron chi connectivity index (χ0n) is 14.3. The largest absolute Gasteiger partial charge is 0.492 e. The molecule has 24 heavy (non-hydrogen) atoms. The average molecular weight is 368 g/mol. The lowest BCUT2D eigenvalue weighted by Crippen LogP contribution is -2.29. The van der Waals surface area contributed by atoms with E-state index in [-0.39, 0.29) is 13.2 Å². The minimum atomic E-state index is -3.56. The van der Waals surface area contributed by atoms with Gasteiger partial charge in [0, 0.05) is 11.6 Å². The lowest BCUT2D eigenvalue weighted by molar-refractivity contribution is 0.323. The quantitative estimate of drug-likeness (QED) is 0.787. The monoisotopic (exact) mass is 367 g/mol. The van der Waals surface area contributed by atoms with Crippen molar-refractivity contribution in [2.24, 2.45) is 0 Å². The molecule has 2 aromatic rings. The van der Waals surface area contributed by atoms with Crippen LogP contribution in [-0.4, -0.2) is 21.6 Å². The first-order chi connectivity index (χ1) is 11.2. The van der Waals surface area contributed by atoms with E-state index in [1.54, 1.807) is 19.9 Å². The van der Waals surface area contributed by atoms with E-state index in [2.05, 4.69) is 4.72 Å². The smallest absolute Gasteiger partial charge is 0.241 e. The van der Waals surface area contributed by atoms with Gasteiger partial charge < -0.3 is 4.74 Å². The molecule has 0 atom stereocenters. The Labute approximate surface area is 148 Å². The Morgan fingerprint density at radius 3 is 2.21 bits per heavy atom. The zero-order chi connectivity index (χ0) is 17.9. The first kappa shape index (κ1) is 18.8. The second kappa shape index (κ2) is 7.55. The molecule has 0 saturated carbocycles. The molecule has 0 aromatic heterocycles. The first-order valence-corrected chi connectivity index (χ1v) is 9.53. The van der Waals surface area contributed by atoms with Gasteiger partial charge in [0.15, 0.2) is 0 Å². The van der Waals surface area contributed by atoms with Gasteiger partial charge in [0.25, 0.3) is 0 Å². The molecule has 0 aliphatic carbocycles. The standard InChI is InChI=1S/C18H22ClNO3S/c1-12-9-14(3)18(15(4)10-12)24(21,22)20-7-8-23-16-6-5-13(2)17(19)11-16/h5-6,9-11,20H,7-8H2,1-4H3. The molecular weight excluding hydrogens is 346 g/mol. The number of rotatable bonds is 6.